The average Bonchev–Trinajstić information content (AvgIpc) is 3.43. The standard InChI is InChI=1S/C24H25N5O/c30-24(12-11-21-17-27-29(19-21)22-9-5-2-6-10-22)26-14-13-23-25-15-16-28(23)18-20-7-3-1-4-8-20/h1-10,15-17,19H,11-14,18H2,(H,26,30). The first kappa shape index (κ1) is 19.6. The molecule has 2 aromatic heterocycles. The maximum Gasteiger partial charge on any atom is 0.220 e. The molecule has 0 spiro atoms. The minimum atomic E-state index is 0.0450. The highest BCUT2D eigenvalue weighted by atomic mass is 16.1. The summed E-state index contributed by atoms with van der Waals surface area (Å²) in [5.41, 5.74) is 3.29. The second kappa shape index (κ2) is 9.69. The van der Waals surface area contributed by atoms with E-state index < -0.39 is 0 Å². The normalized spacial score (nSPS) is 10.8. The number of rotatable bonds is 9. The molecular weight excluding hydrogens is 374 g/mol. The van der Waals surface area contributed by atoms with Gasteiger partial charge in [-0.3, -0.25) is 4.79 Å². The Labute approximate surface area is 176 Å². The number of benzene rings is 2. The first-order valence-electron chi connectivity index (χ1n) is 10.2. The minimum absolute atomic E-state index is 0.0450. The van der Waals surface area contributed by atoms with Gasteiger partial charge < -0.3 is 9.88 Å². The van der Waals surface area contributed by atoms with Gasteiger partial charge in [0.2, 0.25) is 5.91 Å². The van der Waals surface area contributed by atoms with E-state index in [0.29, 0.717) is 25.8 Å². The molecule has 0 bridgehead atoms. The lowest BCUT2D eigenvalue weighted by molar-refractivity contribution is -0.121. The van der Waals surface area contributed by atoms with Crippen LogP contribution in [0, 0.1) is 0 Å². The van der Waals surface area contributed by atoms with Crippen LogP contribution in [0.3, 0.4) is 0 Å². The lowest BCUT2D eigenvalue weighted by atomic mass is 10.2. The van der Waals surface area contributed by atoms with E-state index >= 15 is 0 Å². The Balaban J connectivity index is 1.22. The summed E-state index contributed by atoms with van der Waals surface area (Å²) < 4.78 is 3.96. The second-order valence-electron chi connectivity index (χ2n) is 7.19. The summed E-state index contributed by atoms with van der Waals surface area (Å²) in [5, 5.41) is 7.38. The summed E-state index contributed by atoms with van der Waals surface area (Å²) in [5.74, 6) is 1.02. The summed E-state index contributed by atoms with van der Waals surface area (Å²) in [6.45, 7) is 1.36. The number of carbonyl (C=O) groups is 1. The van der Waals surface area contributed by atoms with Crippen molar-refractivity contribution in [2.75, 3.05) is 6.54 Å². The van der Waals surface area contributed by atoms with Crippen molar-refractivity contribution in [1.29, 1.82) is 0 Å². The Kier molecular flexibility index (Phi) is 6.35. The van der Waals surface area contributed by atoms with Gasteiger partial charge in [-0.2, -0.15) is 5.10 Å². The molecule has 152 valence electrons. The molecule has 4 aromatic rings. The number of para-hydroxylation sites is 1. The average molecular weight is 399 g/mol. The van der Waals surface area contributed by atoms with Gasteiger partial charge in [0.25, 0.3) is 0 Å². The SMILES string of the molecule is O=C(CCc1cnn(-c2ccccc2)c1)NCCc1nccn1Cc1ccccc1. The number of carbonyl (C=O) groups excluding carboxylic acids is 1. The van der Waals surface area contributed by atoms with Crippen LogP contribution in [0.1, 0.15) is 23.4 Å². The molecule has 0 radical (unpaired) electrons. The van der Waals surface area contributed by atoms with Crippen LogP contribution in [0.2, 0.25) is 0 Å². The third-order valence-corrected chi connectivity index (χ3v) is 4.97. The van der Waals surface area contributed by atoms with E-state index in [2.05, 4.69) is 32.1 Å². The zero-order valence-electron chi connectivity index (χ0n) is 16.8. The first-order chi connectivity index (χ1) is 14.8. The maximum atomic E-state index is 12.2. The fraction of sp³-hybridized carbons (Fsp3) is 0.208. The highest BCUT2D eigenvalue weighted by Gasteiger charge is 2.07. The van der Waals surface area contributed by atoms with E-state index in [4.69, 9.17) is 0 Å². The van der Waals surface area contributed by atoms with Gasteiger partial charge in [0.05, 0.1) is 11.9 Å². The second-order valence-corrected chi connectivity index (χ2v) is 7.19. The molecule has 1 N–H and O–H groups in total. The molecular formula is C24H25N5O. The van der Waals surface area contributed by atoms with Crippen LogP contribution in [-0.4, -0.2) is 31.8 Å². The molecule has 0 saturated heterocycles. The van der Waals surface area contributed by atoms with Crippen molar-refractivity contribution >= 4 is 5.91 Å². The molecule has 1 amide bonds. The van der Waals surface area contributed by atoms with E-state index in [9.17, 15) is 4.79 Å². The number of aryl methyl sites for hydroxylation is 1. The van der Waals surface area contributed by atoms with Crippen molar-refractivity contribution < 1.29 is 4.79 Å². The molecule has 2 aromatic carbocycles. The summed E-state index contributed by atoms with van der Waals surface area (Å²) in [7, 11) is 0. The molecule has 4 rings (SSSR count). The Bertz CT molecular complexity index is 1070. The fourth-order valence-electron chi connectivity index (χ4n) is 3.36. The van der Waals surface area contributed by atoms with Crippen LogP contribution in [-0.2, 0) is 24.2 Å². The zero-order valence-corrected chi connectivity index (χ0v) is 16.8. The van der Waals surface area contributed by atoms with Crippen molar-refractivity contribution in [3.63, 3.8) is 0 Å². The van der Waals surface area contributed by atoms with Crippen LogP contribution in [0.25, 0.3) is 5.69 Å². The molecule has 0 aliphatic rings. The van der Waals surface area contributed by atoms with Crippen molar-refractivity contribution in [2.24, 2.45) is 0 Å². The van der Waals surface area contributed by atoms with E-state index in [1.807, 2.05) is 78.0 Å². The van der Waals surface area contributed by atoms with Crippen LogP contribution < -0.4 is 5.32 Å². The summed E-state index contributed by atoms with van der Waals surface area (Å²) >= 11 is 0. The van der Waals surface area contributed by atoms with Crippen molar-refractivity contribution in [3.05, 3.63) is 102 Å². The van der Waals surface area contributed by atoms with E-state index in [1.54, 1.807) is 0 Å². The predicted molar refractivity (Wildman–Crippen MR) is 116 cm³/mol. The van der Waals surface area contributed by atoms with E-state index in [0.717, 1.165) is 23.6 Å². The number of amides is 1. The monoisotopic (exact) mass is 399 g/mol. The molecule has 0 unspecified atom stereocenters. The Morgan fingerprint density at radius 1 is 0.933 bits per heavy atom. The molecule has 30 heavy (non-hydrogen) atoms. The van der Waals surface area contributed by atoms with Crippen molar-refractivity contribution in [1.82, 2.24) is 24.6 Å². The lowest BCUT2D eigenvalue weighted by Crippen LogP contribution is -2.26. The van der Waals surface area contributed by atoms with Gasteiger partial charge in [-0.15, -0.1) is 0 Å². The fourth-order valence-corrected chi connectivity index (χ4v) is 3.36. The number of nitrogens with one attached hydrogen (secondary N) is 1. The van der Waals surface area contributed by atoms with Gasteiger partial charge in [0, 0.05) is 44.5 Å². The molecule has 0 atom stereocenters. The van der Waals surface area contributed by atoms with Crippen LogP contribution in [0.5, 0.6) is 0 Å². The lowest BCUT2D eigenvalue weighted by Gasteiger charge is -2.09. The zero-order chi connectivity index (χ0) is 20.6. The van der Waals surface area contributed by atoms with Crippen LogP contribution in [0.4, 0.5) is 0 Å². The predicted octanol–water partition coefficient (Wildman–Crippen LogP) is 3.41. The number of aromatic nitrogens is 4. The number of hydrogen-bond donors (Lipinski definition) is 1. The molecule has 0 saturated carbocycles. The molecule has 0 fully saturated rings. The Hall–Kier alpha value is -3.67. The van der Waals surface area contributed by atoms with Crippen molar-refractivity contribution in [2.45, 2.75) is 25.8 Å². The van der Waals surface area contributed by atoms with Gasteiger partial charge in [-0.1, -0.05) is 48.5 Å². The highest BCUT2D eigenvalue weighted by Crippen LogP contribution is 2.09. The topological polar surface area (TPSA) is 64.7 Å². The summed E-state index contributed by atoms with van der Waals surface area (Å²) in [6, 6.07) is 20.2. The summed E-state index contributed by atoms with van der Waals surface area (Å²) in [6.07, 6.45) is 9.40. The van der Waals surface area contributed by atoms with Gasteiger partial charge in [0.15, 0.2) is 0 Å². The third-order valence-electron chi connectivity index (χ3n) is 4.97. The third kappa shape index (κ3) is 5.23. The van der Waals surface area contributed by atoms with Crippen LogP contribution in [0.15, 0.2) is 85.5 Å². The number of hydrogen-bond acceptors (Lipinski definition) is 3. The largest absolute Gasteiger partial charge is 0.356 e. The maximum absolute atomic E-state index is 12.2. The van der Waals surface area contributed by atoms with Gasteiger partial charge in [0.1, 0.15) is 5.82 Å². The molecule has 0 aliphatic carbocycles. The number of imidazole rings is 1. The molecule has 6 heteroatoms. The van der Waals surface area contributed by atoms with Crippen molar-refractivity contribution in [3.8, 4) is 5.69 Å². The Morgan fingerprint density at radius 2 is 1.70 bits per heavy atom. The highest BCUT2D eigenvalue weighted by molar-refractivity contribution is 5.76. The first-order valence-corrected chi connectivity index (χ1v) is 10.2. The molecule has 0 aliphatic heterocycles. The van der Waals surface area contributed by atoms with Gasteiger partial charge in [-0.25, -0.2) is 9.67 Å². The van der Waals surface area contributed by atoms with Crippen LogP contribution >= 0.6 is 0 Å². The number of nitrogens with zero attached hydrogens (tertiary/aromatic N) is 4. The molecule has 2 heterocycles. The van der Waals surface area contributed by atoms with E-state index in [1.165, 1.54) is 5.56 Å². The van der Waals surface area contributed by atoms with E-state index in [-0.39, 0.29) is 5.91 Å². The Morgan fingerprint density at radius 3 is 2.50 bits per heavy atom. The van der Waals surface area contributed by atoms with Gasteiger partial charge in [-0.05, 0) is 29.7 Å². The quantitative estimate of drug-likeness (QED) is 0.469. The smallest absolute Gasteiger partial charge is 0.220 e. The minimum Gasteiger partial charge on any atom is -0.356 e. The summed E-state index contributed by atoms with van der Waals surface area (Å²) in [4.78, 5) is 16.7. The molecule has 6 nitrogen and oxygen atoms in total. The van der Waals surface area contributed by atoms with Gasteiger partial charge >= 0.3 is 0 Å².